The molecule has 3 heterocycles. The van der Waals surface area contributed by atoms with Gasteiger partial charge in [-0.15, -0.1) is 0 Å². The summed E-state index contributed by atoms with van der Waals surface area (Å²) < 4.78 is 30.8. The summed E-state index contributed by atoms with van der Waals surface area (Å²) in [5.41, 5.74) is 6.74. The van der Waals surface area contributed by atoms with Gasteiger partial charge in [0.1, 0.15) is 11.6 Å². The number of carbonyl (C=O) groups is 1. The third kappa shape index (κ3) is 5.26. The highest BCUT2D eigenvalue weighted by atomic mass is 127. The van der Waals surface area contributed by atoms with Gasteiger partial charge < -0.3 is 5.32 Å². The summed E-state index contributed by atoms with van der Waals surface area (Å²) in [6.45, 7) is 1.94. The molecule has 10 heteroatoms. The Hall–Kier alpha value is -3.25. The number of pyridine rings is 1. The molecule has 0 unspecified atom stereocenters. The van der Waals surface area contributed by atoms with E-state index >= 15 is 0 Å². The van der Waals surface area contributed by atoms with Crippen LogP contribution in [0, 0.1) is 18.6 Å². The van der Waals surface area contributed by atoms with E-state index in [-0.39, 0.29) is 12.5 Å². The van der Waals surface area contributed by atoms with Gasteiger partial charge in [0.15, 0.2) is 5.65 Å². The Balaban J connectivity index is 1.46. The van der Waals surface area contributed by atoms with Crippen molar-refractivity contribution in [3.8, 4) is 11.1 Å². The highest BCUT2D eigenvalue weighted by Crippen LogP contribution is 2.36. The SMILES string of the molecule is Cc1c(Cc2ccnc3c2c(-c2cnn(C)c2)cn3SI)cccc1C(=O)NCc1cc(F)cc(F)c1. The maximum Gasteiger partial charge on any atom is 0.251 e. The van der Waals surface area contributed by atoms with E-state index in [2.05, 4.69) is 42.8 Å². The number of nitrogens with one attached hydrogen (secondary N) is 1. The highest BCUT2D eigenvalue weighted by Gasteiger charge is 2.18. The summed E-state index contributed by atoms with van der Waals surface area (Å²) in [6.07, 6.45) is 8.30. The molecule has 0 atom stereocenters. The zero-order valence-corrected chi connectivity index (χ0v) is 23.0. The Kier molecular flexibility index (Phi) is 7.29. The highest BCUT2D eigenvalue weighted by molar-refractivity contribution is 14.2. The van der Waals surface area contributed by atoms with Crippen molar-refractivity contribution < 1.29 is 13.6 Å². The fraction of sp³-hybridized carbons (Fsp3) is 0.148. The molecule has 6 nitrogen and oxygen atoms in total. The second-order valence-corrected chi connectivity index (χ2v) is 10.4. The normalized spacial score (nSPS) is 11.3. The molecule has 1 N–H and O–H groups in total. The van der Waals surface area contributed by atoms with Crippen LogP contribution in [0.5, 0.6) is 0 Å². The summed E-state index contributed by atoms with van der Waals surface area (Å²) in [5.74, 6) is -1.65. The summed E-state index contributed by atoms with van der Waals surface area (Å²) >= 11 is 2.24. The van der Waals surface area contributed by atoms with Gasteiger partial charge in [0.05, 0.1) is 6.20 Å². The number of fused-ring (bicyclic) bond motifs is 1. The lowest BCUT2D eigenvalue weighted by molar-refractivity contribution is 0.0950. The van der Waals surface area contributed by atoms with Crippen molar-refractivity contribution in [3.63, 3.8) is 0 Å². The third-order valence-corrected chi connectivity index (χ3v) is 7.98. The van der Waals surface area contributed by atoms with Gasteiger partial charge in [0, 0.05) is 90.7 Å². The minimum absolute atomic E-state index is 0.0259. The first-order valence-corrected chi connectivity index (χ1v) is 14.7. The third-order valence-electron chi connectivity index (χ3n) is 6.28. The number of aryl methyl sites for hydroxylation is 1. The van der Waals surface area contributed by atoms with Crippen molar-refractivity contribution in [1.82, 2.24) is 24.1 Å². The predicted octanol–water partition coefficient (Wildman–Crippen LogP) is 6.39. The molecule has 0 bridgehead atoms. The van der Waals surface area contributed by atoms with Crippen molar-refractivity contribution in [1.29, 1.82) is 0 Å². The first-order valence-electron chi connectivity index (χ1n) is 11.4. The van der Waals surface area contributed by atoms with Gasteiger partial charge in [0.25, 0.3) is 5.91 Å². The Bertz CT molecular complexity index is 1610. The second kappa shape index (κ2) is 10.6. The number of aromatic nitrogens is 4. The molecule has 3 aromatic heterocycles. The molecule has 0 spiro atoms. The number of hydrogen-bond donors (Lipinski definition) is 1. The predicted molar refractivity (Wildman–Crippen MR) is 150 cm³/mol. The van der Waals surface area contributed by atoms with Crippen LogP contribution in [0.3, 0.4) is 0 Å². The summed E-state index contributed by atoms with van der Waals surface area (Å²) in [5, 5.41) is 8.16. The molecule has 0 aliphatic carbocycles. The van der Waals surface area contributed by atoms with Crippen molar-refractivity contribution in [2.75, 3.05) is 0 Å². The van der Waals surface area contributed by atoms with Crippen LogP contribution < -0.4 is 5.32 Å². The molecule has 2 aromatic carbocycles. The molecule has 0 aliphatic heterocycles. The van der Waals surface area contributed by atoms with Gasteiger partial charge in [-0.2, -0.15) is 5.10 Å². The first kappa shape index (κ1) is 25.4. The lowest BCUT2D eigenvalue weighted by atomic mass is 9.94. The fourth-order valence-electron chi connectivity index (χ4n) is 4.49. The zero-order chi connectivity index (χ0) is 26.1. The molecule has 37 heavy (non-hydrogen) atoms. The smallest absolute Gasteiger partial charge is 0.251 e. The molecule has 5 rings (SSSR count). The van der Waals surface area contributed by atoms with Crippen LogP contribution >= 0.6 is 30.3 Å². The van der Waals surface area contributed by atoms with Crippen molar-refractivity contribution in [2.45, 2.75) is 19.9 Å². The van der Waals surface area contributed by atoms with Gasteiger partial charge >= 0.3 is 0 Å². The van der Waals surface area contributed by atoms with Gasteiger partial charge in [-0.1, -0.05) is 12.1 Å². The number of benzene rings is 2. The number of amides is 1. The minimum atomic E-state index is -0.674. The lowest BCUT2D eigenvalue weighted by Gasteiger charge is -2.13. The van der Waals surface area contributed by atoms with Gasteiger partial charge in [-0.05, 0) is 59.9 Å². The van der Waals surface area contributed by atoms with Crippen LogP contribution in [0.15, 0.2) is 67.3 Å². The van der Waals surface area contributed by atoms with E-state index in [1.165, 1.54) is 12.1 Å². The number of carbonyl (C=O) groups excluding carboxylic acids is 1. The van der Waals surface area contributed by atoms with Crippen LogP contribution in [0.1, 0.15) is 32.6 Å². The van der Waals surface area contributed by atoms with Gasteiger partial charge in [-0.3, -0.25) is 13.4 Å². The number of hydrogen-bond acceptors (Lipinski definition) is 4. The summed E-state index contributed by atoms with van der Waals surface area (Å²) in [6, 6.07) is 10.9. The quantitative estimate of drug-likeness (QED) is 0.212. The topological polar surface area (TPSA) is 64.7 Å². The van der Waals surface area contributed by atoms with Crippen molar-refractivity contribution in [3.05, 3.63) is 107 Å². The van der Waals surface area contributed by atoms with Crippen molar-refractivity contribution >= 4 is 47.3 Å². The van der Waals surface area contributed by atoms with Crippen LogP contribution in [0.25, 0.3) is 22.2 Å². The average Bonchev–Trinajstić information content (AvgIpc) is 3.47. The summed E-state index contributed by atoms with van der Waals surface area (Å²) in [4.78, 5) is 17.6. The maximum atomic E-state index is 13.5. The van der Waals surface area contributed by atoms with E-state index in [9.17, 15) is 13.6 Å². The summed E-state index contributed by atoms with van der Waals surface area (Å²) in [7, 11) is 3.44. The largest absolute Gasteiger partial charge is 0.348 e. The van der Waals surface area contributed by atoms with Crippen LogP contribution in [0.4, 0.5) is 8.78 Å². The van der Waals surface area contributed by atoms with Crippen LogP contribution in [-0.2, 0) is 20.0 Å². The van der Waals surface area contributed by atoms with Crippen LogP contribution in [0.2, 0.25) is 0 Å². The molecular weight excluding hydrogens is 607 g/mol. The lowest BCUT2D eigenvalue weighted by Crippen LogP contribution is -2.24. The first-order chi connectivity index (χ1) is 17.8. The van der Waals surface area contributed by atoms with Gasteiger partial charge in [0.2, 0.25) is 0 Å². The molecule has 0 aliphatic rings. The molecular formula is C27H22F2IN5OS. The van der Waals surface area contributed by atoms with Crippen LogP contribution in [-0.4, -0.2) is 24.6 Å². The Morgan fingerprint density at radius 3 is 2.59 bits per heavy atom. The fourth-order valence-corrected chi connectivity index (χ4v) is 5.74. The molecule has 0 radical (unpaired) electrons. The number of halogens is 3. The maximum absolute atomic E-state index is 13.5. The van der Waals surface area contributed by atoms with E-state index in [0.717, 1.165) is 44.9 Å². The Morgan fingerprint density at radius 2 is 1.89 bits per heavy atom. The Morgan fingerprint density at radius 1 is 1.11 bits per heavy atom. The van der Waals surface area contributed by atoms with E-state index in [1.54, 1.807) is 26.1 Å². The molecule has 5 aromatic rings. The van der Waals surface area contributed by atoms with Gasteiger partial charge in [-0.25, -0.2) is 13.8 Å². The Labute approximate surface area is 228 Å². The number of nitrogens with zero attached hydrogens (tertiary/aromatic N) is 4. The molecule has 0 saturated heterocycles. The monoisotopic (exact) mass is 629 g/mol. The molecule has 0 saturated carbocycles. The van der Waals surface area contributed by atoms with Crippen molar-refractivity contribution in [2.24, 2.45) is 7.05 Å². The van der Waals surface area contributed by atoms with E-state index < -0.39 is 11.6 Å². The minimum Gasteiger partial charge on any atom is -0.348 e. The molecule has 0 fully saturated rings. The van der Waals surface area contributed by atoms with E-state index in [1.807, 2.05) is 48.5 Å². The standard InChI is InChI=1S/C27H22F2IN5OS/c1-16-18(4-3-5-23(16)27(36)32-12-17-8-21(28)11-22(29)9-17)10-19-6-7-31-26-25(19)24(15-35(26)37-30)20-13-33-34(2)14-20/h3-9,11,13-15H,10,12H2,1-2H3,(H,32,36). The second-order valence-electron chi connectivity index (χ2n) is 8.74. The van der Waals surface area contributed by atoms with E-state index in [4.69, 9.17) is 0 Å². The average molecular weight is 629 g/mol. The van der Waals surface area contributed by atoms with E-state index in [0.29, 0.717) is 17.5 Å². The molecule has 188 valence electrons. The number of rotatable bonds is 7. The molecule has 1 amide bonds. The zero-order valence-electron chi connectivity index (χ0n) is 20.0.